The summed E-state index contributed by atoms with van der Waals surface area (Å²) in [6.45, 7) is 3.22. The number of piperidine rings is 1. The van der Waals surface area contributed by atoms with Crippen LogP contribution in [0.25, 0.3) is 0 Å². The molecular weight excluding hydrogens is 252 g/mol. The molecule has 0 atom stereocenters. The first-order valence-corrected chi connectivity index (χ1v) is 7.11. The van der Waals surface area contributed by atoms with E-state index in [1.165, 1.54) is 0 Å². The predicted molar refractivity (Wildman–Crippen MR) is 68.6 cm³/mol. The molecular formula is C12H18N2O3S. The summed E-state index contributed by atoms with van der Waals surface area (Å²) in [7, 11) is 0. The standard InChI is InChI=1S/C12H18N2O3S/c15-12(16)3-6-17-11-1-4-14(5-2-11)7-10-8-18-9-13-10/h8-9,11H,1-7H2,(H,15,16). The molecule has 0 bridgehead atoms. The molecule has 6 heteroatoms. The number of aliphatic carboxylic acids is 1. The van der Waals surface area contributed by atoms with Gasteiger partial charge in [0, 0.05) is 25.0 Å². The molecule has 0 spiro atoms. The molecule has 0 saturated carbocycles. The Labute approximate surface area is 110 Å². The molecule has 0 radical (unpaired) electrons. The average molecular weight is 270 g/mol. The van der Waals surface area contributed by atoms with Crippen molar-refractivity contribution in [2.45, 2.75) is 31.9 Å². The summed E-state index contributed by atoms with van der Waals surface area (Å²) < 4.78 is 5.56. The fourth-order valence-electron chi connectivity index (χ4n) is 2.09. The number of rotatable bonds is 6. The summed E-state index contributed by atoms with van der Waals surface area (Å²) in [5, 5.41) is 10.6. The van der Waals surface area contributed by atoms with Gasteiger partial charge >= 0.3 is 5.97 Å². The number of hydrogen-bond acceptors (Lipinski definition) is 5. The van der Waals surface area contributed by atoms with Crippen LogP contribution < -0.4 is 0 Å². The topological polar surface area (TPSA) is 62.7 Å². The molecule has 1 aliphatic rings. The van der Waals surface area contributed by atoms with Crippen LogP contribution in [0.1, 0.15) is 25.0 Å². The Morgan fingerprint density at radius 3 is 2.94 bits per heavy atom. The third-order valence-electron chi connectivity index (χ3n) is 3.07. The van der Waals surface area contributed by atoms with Gasteiger partial charge in [-0.05, 0) is 12.8 Å². The van der Waals surface area contributed by atoms with E-state index < -0.39 is 5.97 Å². The fraction of sp³-hybridized carbons (Fsp3) is 0.667. The Morgan fingerprint density at radius 1 is 1.56 bits per heavy atom. The Balaban J connectivity index is 1.63. The van der Waals surface area contributed by atoms with Gasteiger partial charge in [-0.15, -0.1) is 11.3 Å². The SMILES string of the molecule is O=C(O)CCOC1CCN(Cc2cscn2)CC1. The third kappa shape index (κ3) is 4.36. The molecule has 1 saturated heterocycles. The third-order valence-corrected chi connectivity index (χ3v) is 3.71. The predicted octanol–water partition coefficient (Wildman–Crippen LogP) is 1.60. The lowest BCUT2D eigenvalue weighted by Crippen LogP contribution is -2.36. The van der Waals surface area contributed by atoms with Gasteiger partial charge in [-0.2, -0.15) is 0 Å². The van der Waals surface area contributed by atoms with Crippen molar-refractivity contribution < 1.29 is 14.6 Å². The maximum Gasteiger partial charge on any atom is 0.305 e. The number of carbonyl (C=O) groups is 1. The van der Waals surface area contributed by atoms with Crippen LogP contribution in [0.3, 0.4) is 0 Å². The van der Waals surface area contributed by atoms with Crippen LogP contribution in [0.2, 0.25) is 0 Å². The van der Waals surface area contributed by atoms with Crippen LogP contribution >= 0.6 is 11.3 Å². The normalized spacial score (nSPS) is 18.0. The van der Waals surface area contributed by atoms with Gasteiger partial charge in [-0.25, -0.2) is 4.98 Å². The lowest BCUT2D eigenvalue weighted by Gasteiger charge is -2.31. The maximum absolute atomic E-state index is 10.4. The summed E-state index contributed by atoms with van der Waals surface area (Å²) in [5.41, 5.74) is 2.99. The summed E-state index contributed by atoms with van der Waals surface area (Å²) in [5.74, 6) is -0.795. The summed E-state index contributed by atoms with van der Waals surface area (Å²) in [6.07, 6.45) is 2.27. The van der Waals surface area contributed by atoms with E-state index in [0.717, 1.165) is 38.2 Å². The number of ether oxygens (including phenoxy) is 1. The molecule has 5 nitrogen and oxygen atoms in total. The highest BCUT2D eigenvalue weighted by atomic mass is 32.1. The van der Waals surface area contributed by atoms with E-state index in [0.29, 0.717) is 6.61 Å². The molecule has 1 N–H and O–H groups in total. The van der Waals surface area contributed by atoms with Crippen molar-refractivity contribution in [2.24, 2.45) is 0 Å². The second kappa shape index (κ2) is 6.82. The monoisotopic (exact) mass is 270 g/mol. The first kappa shape index (κ1) is 13.5. The van der Waals surface area contributed by atoms with Crippen molar-refractivity contribution in [3.8, 4) is 0 Å². The zero-order valence-electron chi connectivity index (χ0n) is 10.2. The number of carboxylic acid groups (broad SMARTS) is 1. The zero-order valence-corrected chi connectivity index (χ0v) is 11.1. The van der Waals surface area contributed by atoms with E-state index in [-0.39, 0.29) is 12.5 Å². The van der Waals surface area contributed by atoms with Crippen molar-refractivity contribution in [2.75, 3.05) is 19.7 Å². The fourth-order valence-corrected chi connectivity index (χ4v) is 2.64. The van der Waals surface area contributed by atoms with Gasteiger partial charge in [-0.3, -0.25) is 9.69 Å². The highest BCUT2D eigenvalue weighted by molar-refractivity contribution is 7.07. The smallest absolute Gasteiger partial charge is 0.305 e. The summed E-state index contributed by atoms with van der Waals surface area (Å²) >= 11 is 1.62. The van der Waals surface area contributed by atoms with Crippen molar-refractivity contribution in [3.05, 3.63) is 16.6 Å². The first-order chi connectivity index (χ1) is 8.74. The van der Waals surface area contributed by atoms with Crippen LogP contribution in [0, 0.1) is 0 Å². The lowest BCUT2D eigenvalue weighted by molar-refractivity contribution is -0.138. The van der Waals surface area contributed by atoms with E-state index >= 15 is 0 Å². The van der Waals surface area contributed by atoms with E-state index in [4.69, 9.17) is 9.84 Å². The Hall–Kier alpha value is -0.980. The number of aromatic nitrogens is 1. The van der Waals surface area contributed by atoms with Crippen molar-refractivity contribution in [3.63, 3.8) is 0 Å². The van der Waals surface area contributed by atoms with Gasteiger partial charge in [0.05, 0.1) is 30.3 Å². The van der Waals surface area contributed by atoms with E-state index in [2.05, 4.69) is 15.3 Å². The van der Waals surface area contributed by atoms with Gasteiger partial charge in [-0.1, -0.05) is 0 Å². The Kier molecular flexibility index (Phi) is 5.10. The average Bonchev–Trinajstić information content (AvgIpc) is 2.84. The summed E-state index contributed by atoms with van der Waals surface area (Å²) in [6, 6.07) is 0. The highest BCUT2D eigenvalue weighted by Gasteiger charge is 2.20. The number of carboxylic acids is 1. The van der Waals surface area contributed by atoms with E-state index in [1.807, 2.05) is 5.51 Å². The molecule has 2 rings (SSSR count). The van der Waals surface area contributed by atoms with Crippen molar-refractivity contribution >= 4 is 17.3 Å². The summed E-state index contributed by atoms with van der Waals surface area (Å²) in [4.78, 5) is 17.0. The molecule has 100 valence electrons. The largest absolute Gasteiger partial charge is 0.481 e. The van der Waals surface area contributed by atoms with Crippen molar-refractivity contribution in [1.29, 1.82) is 0 Å². The Bertz CT molecular complexity index is 361. The molecule has 2 heterocycles. The van der Waals surface area contributed by atoms with Gasteiger partial charge in [0.2, 0.25) is 0 Å². The Morgan fingerprint density at radius 2 is 2.33 bits per heavy atom. The van der Waals surface area contributed by atoms with E-state index in [9.17, 15) is 4.79 Å². The molecule has 0 unspecified atom stereocenters. The van der Waals surface area contributed by atoms with Crippen LogP contribution in [0.4, 0.5) is 0 Å². The maximum atomic E-state index is 10.4. The number of hydrogen-bond donors (Lipinski definition) is 1. The first-order valence-electron chi connectivity index (χ1n) is 6.17. The van der Waals surface area contributed by atoms with Crippen molar-refractivity contribution in [1.82, 2.24) is 9.88 Å². The van der Waals surface area contributed by atoms with Gasteiger partial charge in [0.25, 0.3) is 0 Å². The molecule has 1 aromatic rings. The second-order valence-corrected chi connectivity index (χ2v) is 5.19. The van der Waals surface area contributed by atoms with Gasteiger partial charge < -0.3 is 9.84 Å². The minimum atomic E-state index is -0.795. The van der Waals surface area contributed by atoms with E-state index in [1.54, 1.807) is 11.3 Å². The number of likely N-dealkylation sites (tertiary alicyclic amines) is 1. The molecule has 1 fully saturated rings. The highest BCUT2D eigenvalue weighted by Crippen LogP contribution is 2.16. The van der Waals surface area contributed by atoms with Crippen LogP contribution in [-0.2, 0) is 16.1 Å². The minimum Gasteiger partial charge on any atom is -0.481 e. The lowest BCUT2D eigenvalue weighted by atomic mass is 10.1. The second-order valence-electron chi connectivity index (χ2n) is 4.47. The van der Waals surface area contributed by atoms with Crippen LogP contribution in [0.15, 0.2) is 10.9 Å². The van der Waals surface area contributed by atoms with Gasteiger partial charge in [0.1, 0.15) is 0 Å². The molecule has 1 aromatic heterocycles. The molecule has 18 heavy (non-hydrogen) atoms. The number of nitrogens with zero attached hydrogens (tertiary/aromatic N) is 2. The van der Waals surface area contributed by atoms with Gasteiger partial charge in [0.15, 0.2) is 0 Å². The minimum absolute atomic E-state index is 0.0963. The van der Waals surface area contributed by atoms with Crippen LogP contribution in [0.5, 0.6) is 0 Å². The molecule has 0 amide bonds. The molecule has 1 aliphatic heterocycles. The molecule has 0 aromatic carbocycles. The van der Waals surface area contributed by atoms with Crippen LogP contribution in [-0.4, -0.2) is 46.8 Å². The quantitative estimate of drug-likeness (QED) is 0.850. The zero-order chi connectivity index (χ0) is 12.8. The molecule has 0 aliphatic carbocycles. The number of thiazole rings is 1.